The number of hydrogen-bond acceptors (Lipinski definition) is 5. The Balaban J connectivity index is 2.51. The van der Waals surface area contributed by atoms with Crippen molar-refractivity contribution in [3.8, 4) is 11.5 Å². The first kappa shape index (κ1) is 18.7. The molecule has 1 aromatic carbocycles. The van der Waals surface area contributed by atoms with Crippen LogP contribution >= 0.6 is 62.0 Å². The predicted octanol–water partition coefficient (Wildman–Crippen LogP) is 4.50. The molecule has 2 rings (SSSR count). The molecule has 0 amide bonds. The van der Waals surface area contributed by atoms with Gasteiger partial charge in [-0.1, -0.05) is 40.9 Å². The summed E-state index contributed by atoms with van der Waals surface area (Å²) in [7, 11) is -9.73. The lowest BCUT2D eigenvalue weighted by Crippen LogP contribution is -2.33. The van der Waals surface area contributed by atoms with Crippen LogP contribution in [0.3, 0.4) is 0 Å². The standard InChI is InChI=1S/C9H8Cl4O7P2/c1-8(10,9(11,12)13)7-5-3-2-4-6(7)19-22(17,18-5)20-21(14,15)16/h2-4H,1H3,(H2,14,15,16). The van der Waals surface area contributed by atoms with Crippen LogP contribution in [-0.2, 0) is 18.3 Å². The van der Waals surface area contributed by atoms with Gasteiger partial charge < -0.3 is 18.8 Å². The summed E-state index contributed by atoms with van der Waals surface area (Å²) in [5.41, 5.74) is 0.0532. The molecule has 1 aliphatic heterocycles. The number of phosphoric ester groups is 1. The van der Waals surface area contributed by atoms with Gasteiger partial charge in [0.1, 0.15) is 16.4 Å². The summed E-state index contributed by atoms with van der Waals surface area (Å²) < 4.78 is 35.0. The van der Waals surface area contributed by atoms with Crippen molar-refractivity contribution in [1.82, 2.24) is 0 Å². The van der Waals surface area contributed by atoms with Crippen molar-refractivity contribution < 1.29 is 32.3 Å². The third-order valence-electron chi connectivity index (χ3n) is 2.62. The maximum atomic E-state index is 12.2. The molecule has 0 spiro atoms. The summed E-state index contributed by atoms with van der Waals surface area (Å²) in [6, 6.07) is 4.09. The lowest BCUT2D eigenvalue weighted by Gasteiger charge is -2.36. The number of benzene rings is 1. The minimum absolute atomic E-state index is 0.0532. The summed E-state index contributed by atoms with van der Waals surface area (Å²) in [5, 5.41) is 0. The molecule has 1 unspecified atom stereocenters. The van der Waals surface area contributed by atoms with E-state index in [1.54, 1.807) is 0 Å². The van der Waals surface area contributed by atoms with Crippen molar-refractivity contribution in [3.63, 3.8) is 0 Å². The second-order valence-electron chi connectivity index (χ2n) is 4.33. The van der Waals surface area contributed by atoms with Gasteiger partial charge in [-0.25, -0.2) is 9.13 Å². The van der Waals surface area contributed by atoms with Gasteiger partial charge in [0.25, 0.3) is 0 Å². The quantitative estimate of drug-likeness (QED) is 0.536. The molecule has 1 aliphatic rings. The summed E-state index contributed by atoms with van der Waals surface area (Å²) in [4.78, 5) is 15.9. The maximum absolute atomic E-state index is 12.2. The van der Waals surface area contributed by atoms with Crippen LogP contribution in [0.25, 0.3) is 0 Å². The molecular formula is C9H8Cl4O7P2. The summed E-state index contributed by atoms with van der Waals surface area (Å²) in [6.45, 7) is 1.36. The van der Waals surface area contributed by atoms with E-state index in [1.165, 1.54) is 25.1 Å². The first-order chi connectivity index (χ1) is 9.75. The molecule has 22 heavy (non-hydrogen) atoms. The molecule has 0 aliphatic carbocycles. The fourth-order valence-electron chi connectivity index (χ4n) is 1.69. The fraction of sp³-hybridized carbons (Fsp3) is 0.333. The van der Waals surface area contributed by atoms with Crippen molar-refractivity contribution >= 4 is 62.0 Å². The minimum atomic E-state index is -5.13. The average molecular weight is 432 g/mol. The van der Waals surface area contributed by atoms with E-state index >= 15 is 0 Å². The monoisotopic (exact) mass is 430 g/mol. The smallest absolute Gasteiger partial charge is 0.394 e. The van der Waals surface area contributed by atoms with Crippen LogP contribution in [0.15, 0.2) is 18.2 Å². The first-order valence-electron chi connectivity index (χ1n) is 5.40. The van der Waals surface area contributed by atoms with Gasteiger partial charge in [-0.2, -0.15) is 4.31 Å². The number of rotatable bonds is 3. The Morgan fingerprint density at radius 3 is 2.00 bits per heavy atom. The highest BCUT2D eigenvalue weighted by Gasteiger charge is 2.52. The van der Waals surface area contributed by atoms with Crippen molar-refractivity contribution in [2.24, 2.45) is 0 Å². The molecule has 13 heteroatoms. The van der Waals surface area contributed by atoms with Crippen molar-refractivity contribution in [2.75, 3.05) is 0 Å². The highest BCUT2D eigenvalue weighted by molar-refractivity contribution is 7.61. The lowest BCUT2D eigenvalue weighted by molar-refractivity contribution is 0.226. The Kier molecular flexibility index (Phi) is 4.83. The number of hydrogen-bond donors (Lipinski definition) is 2. The van der Waals surface area contributed by atoms with Crippen LogP contribution in [0.4, 0.5) is 0 Å². The summed E-state index contributed by atoms with van der Waals surface area (Å²) in [5.74, 6) is -0.297. The molecule has 7 nitrogen and oxygen atoms in total. The zero-order valence-corrected chi connectivity index (χ0v) is 15.4. The zero-order chi connectivity index (χ0) is 17.0. The van der Waals surface area contributed by atoms with Crippen LogP contribution in [0.2, 0.25) is 0 Å². The Labute approximate surface area is 145 Å². The van der Waals surface area contributed by atoms with Gasteiger partial charge in [-0.15, -0.1) is 11.6 Å². The van der Waals surface area contributed by atoms with Gasteiger partial charge in [0.05, 0.1) is 5.56 Å². The number of fused-ring (bicyclic) bond motifs is 2. The third-order valence-corrected chi connectivity index (χ3v) is 7.00. The van der Waals surface area contributed by atoms with Crippen molar-refractivity contribution in [3.05, 3.63) is 23.8 Å². The molecule has 1 atom stereocenters. The van der Waals surface area contributed by atoms with Gasteiger partial charge in [0, 0.05) is 0 Å². The van der Waals surface area contributed by atoms with Gasteiger partial charge in [-0.3, -0.25) is 0 Å². The van der Waals surface area contributed by atoms with E-state index in [0.29, 0.717) is 0 Å². The van der Waals surface area contributed by atoms with E-state index in [9.17, 15) is 9.13 Å². The minimum Gasteiger partial charge on any atom is -0.394 e. The molecular weight excluding hydrogens is 424 g/mol. The normalized spacial score (nSPS) is 19.8. The summed E-state index contributed by atoms with van der Waals surface area (Å²) >= 11 is 23.7. The highest BCUT2D eigenvalue weighted by atomic mass is 35.6. The Morgan fingerprint density at radius 2 is 1.64 bits per heavy atom. The number of phosphoric acid groups is 2. The van der Waals surface area contributed by atoms with Crippen LogP contribution in [0.5, 0.6) is 11.5 Å². The number of halogens is 4. The van der Waals surface area contributed by atoms with Crippen molar-refractivity contribution in [1.29, 1.82) is 0 Å². The second kappa shape index (κ2) is 5.69. The third kappa shape index (κ3) is 3.69. The van der Waals surface area contributed by atoms with Gasteiger partial charge in [-0.05, 0) is 19.1 Å². The predicted molar refractivity (Wildman–Crippen MR) is 81.9 cm³/mol. The lowest BCUT2D eigenvalue weighted by atomic mass is 9.99. The maximum Gasteiger partial charge on any atom is 0.596 e. The highest BCUT2D eigenvalue weighted by Crippen LogP contribution is 2.66. The second-order valence-corrected chi connectivity index (χ2v) is 10.3. The van der Waals surface area contributed by atoms with E-state index < -0.39 is 24.3 Å². The zero-order valence-electron chi connectivity index (χ0n) is 10.6. The van der Waals surface area contributed by atoms with Gasteiger partial charge >= 0.3 is 15.6 Å². The Morgan fingerprint density at radius 1 is 1.18 bits per heavy atom. The molecule has 0 aromatic heterocycles. The summed E-state index contributed by atoms with van der Waals surface area (Å²) in [6.07, 6.45) is 0. The van der Waals surface area contributed by atoms with Gasteiger partial charge in [0.2, 0.25) is 3.79 Å². The molecule has 0 fully saturated rings. The van der Waals surface area contributed by atoms with Crippen LogP contribution in [-0.4, -0.2) is 13.6 Å². The topological polar surface area (TPSA) is 102 Å². The molecule has 1 heterocycles. The van der Waals surface area contributed by atoms with E-state index in [4.69, 9.17) is 65.2 Å². The largest absolute Gasteiger partial charge is 0.596 e. The SMILES string of the molecule is CC(Cl)(c1c2cccc1OP(=O)(OP(=O)(O)O)O2)C(Cl)(Cl)Cl. The molecule has 1 aromatic rings. The molecule has 0 saturated carbocycles. The van der Waals surface area contributed by atoms with E-state index in [-0.39, 0.29) is 17.1 Å². The molecule has 2 N–H and O–H groups in total. The van der Waals surface area contributed by atoms with Crippen LogP contribution in [0, 0.1) is 0 Å². The first-order valence-corrected chi connectivity index (χ1v) is 9.91. The molecule has 124 valence electrons. The van der Waals surface area contributed by atoms with E-state index in [2.05, 4.69) is 4.31 Å². The van der Waals surface area contributed by atoms with E-state index in [1.807, 2.05) is 0 Å². The Hall–Kier alpha value is 0.320. The molecule has 0 saturated heterocycles. The Bertz CT molecular complexity index is 667. The molecule has 2 bridgehead atoms. The van der Waals surface area contributed by atoms with Crippen LogP contribution < -0.4 is 9.05 Å². The number of alkyl halides is 4. The van der Waals surface area contributed by atoms with Crippen LogP contribution in [0.1, 0.15) is 12.5 Å². The van der Waals surface area contributed by atoms with Crippen molar-refractivity contribution in [2.45, 2.75) is 15.6 Å². The fourth-order valence-corrected chi connectivity index (χ4v) is 4.29. The average Bonchev–Trinajstić information content (AvgIpc) is 2.22. The molecule has 0 radical (unpaired) electrons. The van der Waals surface area contributed by atoms with Gasteiger partial charge in [0.15, 0.2) is 0 Å². The van der Waals surface area contributed by atoms with E-state index in [0.717, 1.165) is 0 Å².